The van der Waals surface area contributed by atoms with Crippen molar-refractivity contribution in [2.45, 2.75) is 32.0 Å². The molecule has 0 aliphatic carbocycles. The van der Waals surface area contributed by atoms with Crippen molar-refractivity contribution < 1.29 is 9.53 Å². The Morgan fingerprint density at radius 3 is 2.53 bits per heavy atom. The van der Waals surface area contributed by atoms with Gasteiger partial charge in [-0.2, -0.15) is 9.97 Å². The number of amides is 1. The number of morpholine rings is 1. The standard InChI is InChI=1S/C26H32N10O2/c1-3-21-28-16-6-4-5-7-17(16)36(21)26-30-24-23(25(31-26)33-8-10-38-11-9-33)29-22(32(24)2)15-35-13-18-19(35)12-34(18)14-20(27)37/h4-7,18-19H,3,8-15H2,1-2H3,(H2,27,37)/t18-,19?/m1/s1. The Bertz CT molecular complexity index is 1540. The fourth-order valence-electron chi connectivity index (χ4n) is 6.04. The quantitative estimate of drug-likeness (QED) is 0.373. The molecule has 7 rings (SSSR count). The van der Waals surface area contributed by atoms with Crippen LogP contribution in [-0.2, 0) is 29.5 Å². The Morgan fingerprint density at radius 2 is 1.79 bits per heavy atom. The van der Waals surface area contributed by atoms with Gasteiger partial charge in [0.1, 0.15) is 11.6 Å². The number of rotatable bonds is 7. The molecule has 3 aliphatic heterocycles. The fraction of sp³-hybridized carbons (Fsp3) is 0.500. The second-order valence-electron chi connectivity index (χ2n) is 10.4. The van der Waals surface area contributed by atoms with Crippen molar-refractivity contribution >= 4 is 33.9 Å². The van der Waals surface area contributed by atoms with E-state index in [4.69, 9.17) is 30.4 Å². The van der Waals surface area contributed by atoms with E-state index >= 15 is 0 Å². The average Bonchev–Trinajstić information content (AvgIpc) is 3.45. The summed E-state index contributed by atoms with van der Waals surface area (Å²) >= 11 is 0. The van der Waals surface area contributed by atoms with Gasteiger partial charge >= 0.3 is 0 Å². The lowest BCUT2D eigenvalue weighted by atomic mass is 9.85. The maximum absolute atomic E-state index is 11.3. The first-order chi connectivity index (χ1) is 18.5. The van der Waals surface area contributed by atoms with E-state index in [1.807, 2.05) is 25.2 Å². The summed E-state index contributed by atoms with van der Waals surface area (Å²) < 4.78 is 9.81. The van der Waals surface area contributed by atoms with Crippen molar-refractivity contribution in [2.24, 2.45) is 12.8 Å². The van der Waals surface area contributed by atoms with E-state index in [0.717, 1.165) is 78.8 Å². The number of primary amides is 1. The largest absolute Gasteiger partial charge is 0.378 e. The molecular weight excluding hydrogens is 484 g/mol. The average molecular weight is 517 g/mol. The summed E-state index contributed by atoms with van der Waals surface area (Å²) in [6, 6.07) is 8.98. The van der Waals surface area contributed by atoms with Gasteiger partial charge in [0.2, 0.25) is 11.9 Å². The zero-order valence-electron chi connectivity index (χ0n) is 21.7. The highest BCUT2D eigenvalue weighted by Gasteiger charge is 2.51. The summed E-state index contributed by atoms with van der Waals surface area (Å²) in [7, 11) is 2.04. The van der Waals surface area contributed by atoms with Gasteiger partial charge in [0, 0.05) is 51.7 Å². The monoisotopic (exact) mass is 516 g/mol. The Morgan fingerprint density at radius 1 is 1.03 bits per heavy atom. The van der Waals surface area contributed by atoms with Crippen LogP contribution in [0.25, 0.3) is 28.1 Å². The van der Waals surface area contributed by atoms with Gasteiger partial charge in [0.25, 0.3) is 0 Å². The number of aromatic nitrogens is 6. The minimum atomic E-state index is -0.265. The van der Waals surface area contributed by atoms with Gasteiger partial charge in [-0.1, -0.05) is 19.1 Å². The van der Waals surface area contributed by atoms with Crippen LogP contribution >= 0.6 is 0 Å². The number of carbonyl (C=O) groups is 1. The first-order valence-corrected chi connectivity index (χ1v) is 13.3. The maximum Gasteiger partial charge on any atom is 0.239 e. The van der Waals surface area contributed by atoms with Gasteiger partial charge in [-0.3, -0.25) is 19.2 Å². The molecule has 3 aromatic heterocycles. The summed E-state index contributed by atoms with van der Waals surface area (Å²) in [6.45, 7) is 7.79. The van der Waals surface area contributed by atoms with E-state index in [1.54, 1.807) is 0 Å². The number of hydrogen-bond acceptors (Lipinski definition) is 9. The lowest BCUT2D eigenvalue weighted by Gasteiger charge is -2.61. The molecule has 4 aromatic rings. The molecule has 1 amide bonds. The molecule has 38 heavy (non-hydrogen) atoms. The molecule has 3 aliphatic rings. The highest BCUT2D eigenvalue weighted by Crippen LogP contribution is 2.35. The van der Waals surface area contributed by atoms with Crippen LogP contribution in [0.15, 0.2) is 24.3 Å². The Balaban J connectivity index is 1.28. The highest BCUT2D eigenvalue weighted by atomic mass is 16.5. The second-order valence-corrected chi connectivity index (χ2v) is 10.4. The highest BCUT2D eigenvalue weighted by molar-refractivity contribution is 5.86. The fourth-order valence-corrected chi connectivity index (χ4v) is 6.04. The Kier molecular flexibility index (Phi) is 5.57. The normalized spacial score (nSPS) is 22.0. The van der Waals surface area contributed by atoms with Crippen molar-refractivity contribution in [3.63, 3.8) is 0 Å². The lowest BCUT2D eigenvalue weighted by molar-refractivity contribution is -0.143. The van der Waals surface area contributed by atoms with Gasteiger partial charge < -0.3 is 19.9 Å². The van der Waals surface area contributed by atoms with Gasteiger partial charge in [0.15, 0.2) is 17.0 Å². The molecule has 0 spiro atoms. The van der Waals surface area contributed by atoms with Crippen molar-refractivity contribution in [3.8, 4) is 5.95 Å². The number of imidazole rings is 2. The molecule has 2 atom stereocenters. The zero-order chi connectivity index (χ0) is 26.0. The number of ether oxygens (including phenoxy) is 1. The molecule has 3 saturated heterocycles. The van der Waals surface area contributed by atoms with Crippen molar-refractivity contribution in [3.05, 3.63) is 35.9 Å². The van der Waals surface area contributed by atoms with E-state index < -0.39 is 0 Å². The minimum absolute atomic E-state index is 0.265. The number of likely N-dealkylation sites (tertiary alicyclic amines) is 2. The Labute approximate surface area is 220 Å². The topological polar surface area (TPSA) is 123 Å². The van der Waals surface area contributed by atoms with Crippen LogP contribution in [-0.4, -0.2) is 103 Å². The first-order valence-electron chi connectivity index (χ1n) is 13.3. The first kappa shape index (κ1) is 23.5. The lowest BCUT2D eigenvalue weighted by Crippen LogP contribution is -2.78. The van der Waals surface area contributed by atoms with Crippen LogP contribution < -0.4 is 10.6 Å². The molecule has 6 heterocycles. The molecule has 1 aromatic carbocycles. The number of anilines is 1. The Hall–Kier alpha value is -3.61. The number of hydrogen-bond donors (Lipinski definition) is 1. The van der Waals surface area contributed by atoms with E-state index in [2.05, 4.69) is 36.8 Å². The predicted molar refractivity (Wildman–Crippen MR) is 142 cm³/mol. The van der Waals surface area contributed by atoms with Crippen molar-refractivity contribution in [2.75, 3.05) is 50.8 Å². The van der Waals surface area contributed by atoms with Crippen LogP contribution in [0, 0.1) is 0 Å². The summed E-state index contributed by atoms with van der Waals surface area (Å²) in [5.41, 5.74) is 8.95. The molecule has 12 nitrogen and oxygen atoms in total. The SMILES string of the molecule is CCc1nc2ccccc2n1-c1nc(N2CCOCC2)c2nc(CN3C[C@@H]4C3CN4CC(N)=O)n(C)c2n1. The molecule has 1 unspecified atom stereocenters. The minimum Gasteiger partial charge on any atom is -0.378 e. The third kappa shape index (κ3) is 3.66. The molecule has 0 bridgehead atoms. The summed E-state index contributed by atoms with van der Waals surface area (Å²) in [6.07, 6.45) is 0.768. The second kappa shape index (κ2) is 9.00. The van der Waals surface area contributed by atoms with Crippen LogP contribution in [0.4, 0.5) is 5.82 Å². The number of aryl methyl sites for hydroxylation is 2. The third-order valence-corrected chi connectivity index (χ3v) is 8.17. The number of nitrogens with two attached hydrogens (primary N) is 1. The zero-order valence-corrected chi connectivity index (χ0v) is 21.7. The van der Waals surface area contributed by atoms with Gasteiger partial charge in [-0.15, -0.1) is 0 Å². The van der Waals surface area contributed by atoms with Gasteiger partial charge in [-0.05, 0) is 12.1 Å². The van der Waals surface area contributed by atoms with Crippen LogP contribution in [0.5, 0.6) is 0 Å². The predicted octanol–water partition coefficient (Wildman–Crippen LogP) is 0.455. The molecular formula is C26H32N10O2. The molecule has 0 saturated carbocycles. The van der Waals surface area contributed by atoms with Gasteiger partial charge in [-0.25, -0.2) is 9.97 Å². The summed E-state index contributed by atoms with van der Waals surface area (Å²) in [4.78, 5) is 38.3. The van der Waals surface area contributed by atoms with Gasteiger partial charge in [0.05, 0.1) is 37.3 Å². The van der Waals surface area contributed by atoms with E-state index in [-0.39, 0.29) is 5.91 Å². The maximum atomic E-state index is 11.3. The number of para-hydroxylation sites is 2. The van der Waals surface area contributed by atoms with Crippen LogP contribution in [0.3, 0.4) is 0 Å². The molecule has 198 valence electrons. The number of piperazine rings is 1. The third-order valence-electron chi connectivity index (χ3n) is 8.17. The van der Waals surface area contributed by atoms with Crippen molar-refractivity contribution in [1.82, 2.24) is 38.9 Å². The molecule has 12 heteroatoms. The van der Waals surface area contributed by atoms with E-state index in [0.29, 0.717) is 37.8 Å². The van der Waals surface area contributed by atoms with Crippen LogP contribution in [0.2, 0.25) is 0 Å². The summed E-state index contributed by atoms with van der Waals surface area (Å²) in [5.74, 6) is 3.08. The number of carbonyl (C=O) groups excluding carboxylic acids is 1. The van der Waals surface area contributed by atoms with Crippen molar-refractivity contribution in [1.29, 1.82) is 0 Å². The summed E-state index contributed by atoms with van der Waals surface area (Å²) in [5, 5.41) is 0. The van der Waals surface area contributed by atoms with E-state index in [1.165, 1.54) is 0 Å². The van der Waals surface area contributed by atoms with Crippen LogP contribution in [0.1, 0.15) is 18.6 Å². The van der Waals surface area contributed by atoms with E-state index in [9.17, 15) is 4.79 Å². The smallest absolute Gasteiger partial charge is 0.239 e. The molecule has 3 fully saturated rings. The molecule has 0 radical (unpaired) electrons. The number of nitrogens with zero attached hydrogens (tertiary/aromatic N) is 9. The molecule has 2 N–H and O–H groups in total. The number of benzene rings is 1. The number of fused-ring (bicyclic) bond motifs is 3.